The predicted molar refractivity (Wildman–Crippen MR) is 112 cm³/mol. The van der Waals surface area contributed by atoms with Crippen molar-refractivity contribution in [2.24, 2.45) is 5.10 Å². The number of hydrogen-bond donors (Lipinski definition) is 1. The molecule has 1 aromatic heterocycles. The van der Waals surface area contributed by atoms with Crippen LogP contribution in [0, 0.1) is 0 Å². The van der Waals surface area contributed by atoms with Crippen LogP contribution in [0.1, 0.15) is 11.1 Å². The van der Waals surface area contributed by atoms with Crippen molar-refractivity contribution in [3.05, 3.63) is 82.6 Å². The second kappa shape index (κ2) is 9.73. The lowest BCUT2D eigenvalue weighted by molar-refractivity contribution is 0.284. The van der Waals surface area contributed by atoms with Gasteiger partial charge >= 0.3 is 0 Å². The zero-order valence-electron chi connectivity index (χ0n) is 14.9. The van der Waals surface area contributed by atoms with Gasteiger partial charge in [-0.05, 0) is 35.4 Å². The summed E-state index contributed by atoms with van der Waals surface area (Å²) in [6.07, 6.45) is 5.89. The minimum atomic E-state index is 0.482. The summed E-state index contributed by atoms with van der Waals surface area (Å²) >= 11 is 3.59. The summed E-state index contributed by atoms with van der Waals surface area (Å²) in [5, 5.41) is 4.25. The molecule has 1 heterocycles. The number of hydrogen-bond acceptors (Lipinski definition) is 5. The van der Waals surface area contributed by atoms with Crippen LogP contribution in [0.15, 0.2) is 76.6 Å². The number of nitrogens with zero attached hydrogens (tertiary/aromatic N) is 2. The second-order valence-electron chi connectivity index (χ2n) is 5.73. The van der Waals surface area contributed by atoms with Crippen LogP contribution in [-0.4, -0.2) is 18.3 Å². The third-order valence-corrected chi connectivity index (χ3v) is 4.58. The van der Waals surface area contributed by atoms with Crippen LogP contribution in [0.4, 0.5) is 5.69 Å². The Morgan fingerprint density at radius 1 is 1.07 bits per heavy atom. The smallest absolute Gasteiger partial charge is 0.162 e. The van der Waals surface area contributed by atoms with E-state index in [1.807, 2.05) is 60.8 Å². The highest BCUT2D eigenvalue weighted by Gasteiger charge is 2.10. The maximum Gasteiger partial charge on any atom is 0.162 e. The number of aromatic nitrogens is 1. The summed E-state index contributed by atoms with van der Waals surface area (Å²) in [6, 6.07) is 17.6. The van der Waals surface area contributed by atoms with Gasteiger partial charge in [0.2, 0.25) is 0 Å². The van der Waals surface area contributed by atoms with Crippen molar-refractivity contribution in [2.75, 3.05) is 12.5 Å². The molecule has 0 bridgehead atoms. The molecule has 138 valence electrons. The monoisotopic (exact) mass is 425 g/mol. The van der Waals surface area contributed by atoms with E-state index in [1.165, 1.54) is 0 Å². The fraction of sp³-hybridized carbons (Fsp3) is 0.143. The highest BCUT2D eigenvalue weighted by Crippen LogP contribution is 2.34. The van der Waals surface area contributed by atoms with Crippen molar-refractivity contribution in [3.63, 3.8) is 0 Å². The SMILES string of the molecule is COc1cc(Br)c(CC=NNc2ccncc2)cc1OCc1ccccc1. The van der Waals surface area contributed by atoms with Crippen molar-refractivity contribution in [2.45, 2.75) is 13.0 Å². The lowest BCUT2D eigenvalue weighted by Crippen LogP contribution is -2.00. The van der Waals surface area contributed by atoms with E-state index in [1.54, 1.807) is 19.5 Å². The van der Waals surface area contributed by atoms with E-state index in [0.29, 0.717) is 24.5 Å². The van der Waals surface area contributed by atoms with Gasteiger partial charge in [-0.15, -0.1) is 0 Å². The Hall–Kier alpha value is -2.86. The molecule has 0 saturated carbocycles. The number of halogens is 1. The zero-order chi connectivity index (χ0) is 18.9. The van der Waals surface area contributed by atoms with Gasteiger partial charge in [0, 0.05) is 29.5 Å². The number of ether oxygens (including phenoxy) is 2. The number of hydrazone groups is 1. The van der Waals surface area contributed by atoms with E-state index >= 15 is 0 Å². The molecular formula is C21H20BrN3O2. The average molecular weight is 426 g/mol. The number of methoxy groups -OCH3 is 1. The van der Waals surface area contributed by atoms with Crippen molar-refractivity contribution < 1.29 is 9.47 Å². The molecule has 2 aromatic carbocycles. The molecule has 3 aromatic rings. The molecule has 0 aliphatic rings. The summed E-state index contributed by atoms with van der Waals surface area (Å²) in [5.41, 5.74) is 6.03. The van der Waals surface area contributed by atoms with Crippen LogP contribution in [-0.2, 0) is 13.0 Å². The Balaban J connectivity index is 1.67. The molecule has 0 atom stereocenters. The van der Waals surface area contributed by atoms with Gasteiger partial charge in [0.15, 0.2) is 11.5 Å². The normalized spacial score (nSPS) is 10.7. The maximum absolute atomic E-state index is 5.97. The van der Waals surface area contributed by atoms with Crippen molar-refractivity contribution in [1.29, 1.82) is 0 Å². The van der Waals surface area contributed by atoms with Crippen molar-refractivity contribution >= 4 is 27.8 Å². The summed E-state index contributed by atoms with van der Waals surface area (Å²) in [4.78, 5) is 3.97. The van der Waals surface area contributed by atoms with Gasteiger partial charge in [-0.1, -0.05) is 46.3 Å². The number of benzene rings is 2. The lowest BCUT2D eigenvalue weighted by Gasteiger charge is -2.13. The van der Waals surface area contributed by atoms with E-state index in [9.17, 15) is 0 Å². The van der Waals surface area contributed by atoms with E-state index < -0.39 is 0 Å². The molecule has 0 aliphatic carbocycles. The molecule has 0 amide bonds. The number of pyridine rings is 1. The van der Waals surface area contributed by atoms with Crippen LogP contribution in [0.25, 0.3) is 0 Å². The Morgan fingerprint density at radius 2 is 1.85 bits per heavy atom. The number of rotatable bonds is 8. The van der Waals surface area contributed by atoms with Crippen LogP contribution in [0.3, 0.4) is 0 Å². The molecular weight excluding hydrogens is 406 g/mol. The molecule has 3 rings (SSSR count). The highest BCUT2D eigenvalue weighted by molar-refractivity contribution is 9.10. The fourth-order valence-electron chi connectivity index (χ4n) is 2.43. The number of nitrogens with one attached hydrogen (secondary N) is 1. The van der Waals surface area contributed by atoms with E-state index in [0.717, 1.165) is 21.3 Å². The van der Waals surface area contributed by atoms with Gasteiger partial charge in [0.05, 0.1) is 12.8 Å². The molecule has 0 fully saturated rings. The molecule has 5 nitrogen and oxygen atoms in total. The molecule has 6 heteroatoms. The van der Waals surface area contributed by atoms with Gasteiger partial charge in [0.25, 0.3) is 0 Å². The van der Waals surface area contributed by atoms with Gasteiger partial charge in [0.1, 0.15) is 6.61 Å². The Bertz CT molecular complexity index is 887. The first kappa shape index (κ1) is 18.9. The maximum atomic E-state index is 5.97. The zero-order valence-corrected chi connectivity index (χ0v) is 16.5. The minimum Gasteiger partial charge on any atom is -0.493 e. The van der Waals surface area contributed by atoms with Crippen molar-refractivity contribution in [3.8, 4) is 11.5 Å². The second-order valence-corrected chi connectivity index (χ2v) is 6.59. The quantitative estimate of drug-likeness (QED) is 0.404. The molecule has 0 spiro atoms. The standard InChI is InChI=1S/C21H20BrN3O2/c1-26-20-14-19(22)17(7-12-24-25-18-8-10-23-11-9-18)13-21(20)27-15-16-5-3-2-4-6-16/h2-6,8-14H,7,15H2,1H3,(H,23,25). The first-order valence-corrected chi connectivity index (χ1v) is 9.26. The highest BCUT2D eigenvalue weighted by atomic mass is 79.9. The molecule has 0 unspecified atom stereocenters. The van der Waals surface area contributed by atoms with E-state index in [-0.39, 0.29) is 0 Å². The number of anilines is 1. The van der Waals surface area contributed by atoms with E-state index in [2.05, 4.69) is 31.4 Å². The molecule has 0 aliphatic heterocycles. The first-order chi connectivity index (χ1) is 13.3. The Morgan fingerprint density at radius 3 is 2.59 bits per heavy atom. The summed E-state index contributed by atoms with van der Waals surface area (Å²) in [6.45, 7) is 0.482. The predicted octanol–water partition coefficient (Wildman–Crippen LogP) is 5.07. The topological polar surface area (TPSA) is 55.7 Å². The van der Waals surface area contributed by atoms with Crippen LogP contribution >= 0.6 is 15.9 Å². The fourth-order valence-corrected chi connectivity index (χ4v) is 2.92. The van der Waals surface area contributed by atoms with Gasteiger partial charge in [-0.25, -0.2) is 0 Å². The molecule has 0 saturated heterocycles. The van der Waals surface area contributed by atoms with Gasteiger partial charge in [-0.2, -0.15) is 5.10 Å². The summed E-state index contributed by atoms with van der Waals surface area (Å²) in [7, 11) is 1.64. The minimum absolute atomic E-state index is 0.482. The third kappa shape index (κ3) is 5.56. The average Bonchev–Trinajstić information content (AvgIpc) is 2.72. The summed E-state index contributed by atoms with van der Waals surface area (Å²) < 4.78 is 12.4. The Labute approximate surface area is 167 Å². The molecule has 1 N–H and O–H groups in total. The van der Waals surface area contributed by atoms with Crippen LogP contribution in [0.2, 0.25) is 0 Å². The van der Waals surface area contributed by atoms with Crippen LogP contribution < -0.4 is 14.9 Å². The Kier molecular flexibility index (Phi) is 6.82. The van der Waals surface area contributed by atoms with Gasteiger partial charge in [-0.3, -0.25) is 10.4 Å². The van der Waals surface area contributed by atoms with E-state index in [4.69, 9.17) is 9.47 Å². The van der Waals surface area contributed by atoms with Crippen molar-refractivity contribution in [1.82, 2.24) is 4.98 Å². The van der Waals surface area contributed by atoms with Crippen LogP contribution in [0.5, 0.6) is 11.5 Å². The summed E-state index contributed by atoms with van der Waals surface area (Å²) in [5.74, 6) is 1.39. The lowest BCUT2D eigenvalue weighted by atomic mass is 10.1. The first-order valence-electron chi connectivity index (χ1n) is 8.47. The molecule has 27 heavy (non-hydrogen) atoms. The molecule has 0 radical (unpaired) electrons. The third-order valence-electron chi connectivity index (χ3n) is 3.85. The van der Waals surface area contributed by atoms with Gasteiger partial charge < -0.3 is 9.47 Å². The largest absolute Gasteiger partial charge is 0.493 e.